The molecule has 0 saturated heterocycles. The van der Waals surface area contributed by atoms with Gasteiger partial charge in [0.1, 0.15) is 16.7 Å². The number of nitriles is 1. The predicted molar refractivity (Wildman–Crippen MR) is 79.2 cm³/mol. The summed E-state index contributed by atoms with van der Waals surface area (Å²) in [6.45, 7) is 2.65. The Morgan fingerprint density at radius 2 is 2.30 bits per heavy atom. The van der Waals surface area contributed by atoms with Crippen molar-refractivity contribution < 1.29 is 4.74 Å². The third kappa shape index (κ3) is 3.00. The standard InChI is InChI=1S/C16H16N2OS/c1-11-3-2-4-13(9-11)19-8-7-15-18-16(12-5-6-12)14(10-17)20-15/h2-4,9,12H,5-8H2,1H3. The maximum absolute atomic E-state index is 9.13. The maximum Gasteiger partial charge on any atom is 0.128 e. The SMILES string of the molecule is Cc1cccc(OCCc2nc(C3CC3)c(C#N)s2)c1. The fourth-order valence-corrected chi connectivity index (χ4v) is 3.09. The molecule has 1 heterocycles. The van der Waals surface area contributed by atoms with Gasteiger partial charge >= 0.3 is 0 Å². The molecule has 3 rings (SSSR count). The molecule has 1 aliphatic carbocycles. The fraction of sp³-hybridized carbons (Fsp3) is 0.375. The van der Waals surface area contributed by atoms with Gasteiger partial charge in [0.15, 0.2) is 0 Å². The second-order valence-electron chi connectivity index (χ2n) is 5.12. The van der Waals surface area contributed by atoms with Crippen LogP contribution in [0.4, 0.5) is 0 Å². The van der Waals surface area contributed by atoms with Gasteiger partial charge in [-0.3, -0.25) is 0 Å². The highest BCUT2D eigenvalue weighted by Crippen LogP contribution is 2.42. The molecule has 1 fully saturated rings. The van der Waals surface area contributed by atoms with Crippen LogP contribution >= 0.6 is 11.3 Å². The lowest BCUT2D eigenvalue weighted by Crippen LogP contribution is -2.01. The molecule has 1 aliphatic rings. The Balaban J connectivity index is 1.60. The summed E-state index contributed by atoms with van der Waals surface area (Å²) < 4.78 is 5.73. The number of hydrogen-bond acceptors (Lipinski definition) is 4. The van der Waals surface area contributed by atoms with E-state index in [0.717, 1.165) is 27.7 Å². The van der Waals surface area contributed by atoms with E-state index in [1.807, 2.05) is 18.2 Å². The summed E-state index contributed by atoms with van der Waals surface area (Å²) in [4.78, 5) is 5.40. The number of thiazole rings is 1. The van der Waals surface area contributed by atoms with Gasteiger partial charge in [0.05, 0.1) is 17.3 Å². The minimum atomic E-state index is 0.535. The zero-order valence-electron chi connectivity index (χ0n) is 11.4. The average molecular weight is 284 g/mol. The number of benzene rings is 1. The van der Waals surface area contributed by atoms with E-state index in [9.17, 15) is 0 Å². The molecule has 1 aromatic heterocycles. The Hall–Kier alpha value is -1.86. The maximum atomic E-state index is 9.13. The highest BCUT2D eigenvalue weighted by Gasteiger charge is 2.29. The normalized spacial score (nSPS) is 14.0. The summed E-state index contributed by atoms with van der Waals surface area (Å²) in [5, 5.41) is 10.1. The van der Waals surface area contributed by atoms with Crippen molar-refractivity contribution in [1.82, 2.24) is 4.98 Å². The van der Waals surface area contributed by atoms with Crippen LogP contribution in [0, 0.1) is 18.3 Å². The zero-order valence-corrected chi connectivity index (χ0v) is 12.2. The van der Waals surface area contributed by atoms with Crippen LogP contribution in [-0.4, -0.2) is 11.6 Å². The first-order chi connectivity index (χ1) is 9.76. The summed E-state index contributed by atoms with van der Waals surface area (Å²) in [7, 11) is 0. The van der Waals surface area contributed by atoms with E-state index in [4.69, 9.17) is 10.00 Å². The Kier molecular flexibility index (Phi) is 3.70. The van der Waals surface area contributed by atoms with Gasteiger partial charge in [-0.2, -0.15) is 5.26 Å². The van der Waals surface area contributed by atoms with Gasteiger partial charge in [0.2, 0.25) is 0 Å². The highest BCUT2D eigenvalue weighted by molar-refractivity contribution is 7.12. The number of aryl methyl sites for hydroxylation is 1. The quantitative estimate of drug-likeness (QED) is 0.838. The number of nitrogens with zero attached hydrogens (tertiary/aromatic N) is 2. The predicted octanol–water partition coefficient (Wildman–Crippen LogP) is 3.82. The van der Waals surface area contributed by atoms with Crippen LogP contribution < -0.4 is 4.74 Å². The van der Waals surface area contributed by atoms with Crippen LogP contribution in [0.1, 0.15) is 39.9 Å². The van der Waals surface area contributed by atoms with Crippen LogP contribution in [0.5, 0.6) is 5.75 Å². The molecule has 0 spiro atoms. The zero-order chi connectivity index (χ0) is 13.9. The minimum Gasteiger partial charge on any atom is -0.493 e. The largest absolute Gasteiger partial charge is 0.493 e. The van der Waals surface area contributed by atoms with Gasteiger partial charge in [-0.15, -0.1) is 11.3 Å². The molecule has 1 aromatic carbocycles. The number of aromatic nitrogens is 1. The molecule has 1 saturated carbocycles. The van der Waals surface area contributed by atoms with Gasteiger partial charge in [0, 0.05) is 12.3 Å². The Morgan fingerprint density at radius 3 is 3.00 bits per heavy atom. The topological polar surface area (TPSA) is 45.9 Å². The first-order valence-electron chi connectivity index (χ1n) is 6.85. The van der Waals surface area contributed by atoms with E-state index >= 15 is 0 Å². The van der Waals surface area contributed by atoms with Gasteiger partial charge in [-0.05, 0) is 37.5 Å². The van der Waals surface area contributed by atoms with Gasteiger partial charge < -0.3 is 4.74 Å². The molecule has 102 valence electrons. The van der Waals surface area contributed by atoms with Crippen molar-refractivity contribution >= 4 is 11.3 Å². The van der Waals surface area contributed by atoms with E-state index in [0.29, 0.717) is 12.5 Å². The molecule has 0 N–H and O–H groups in total. The molecule has 4 heteroatoms. The van der Waals surface area contributed by atoms with E-state index in [1.54, 1.807) is 0 Å². The van der Waals surface area contributed by atoms with E-state index in [1.165, 1.54) is 29.7 Å². The minimum absolute atomic E-state index is 0.535. The van der Waals surface area contributed by atoms with Crippen LogP contribution in [0.3, 0.4) is 0 Å². The highest BCUT2D eigenvalue weighted by atomic mass is 32.1. The third-order valence-corrected chi connectivity index (χ3v) is 4.37. The van der Waals surface area contributed by atoms with Crippen molar-refractivity contribution in [1.29, 1.82) is 5.26 Å². The van der Waals surface area contributed by atoms with Crippen molar-refractivity contribution in [2.45, 2.75) is 32.1 Å². The van der Waals surface area contributed by atoms with E-state index in [2.05, 4.69) is 24.0 Å². The average Bonchev–Trinajstić information content (AvgIpc) is 3.20. The van der Waals surface area contributed by atoms with Gasteiger partial charge in [-0.1, -0.05) is 12.1 Å². The monoisotopic (exact) mass is 284 g/mol. The van der Waals surface area contributed by atoms with Crippen molar-refractivity contribution in [2.24, 2.45) is 0 Å². The van der Waals surface area contributed by atoms with Crippen molar-refractivity contribution in [3.05, 3.63) is 45.4 Å². The summed E-state index contributed by atoms with van der Waals surface area (Å²) in [6, 6.07) is 10.3. The summed E-state index contributed by atoms with van der Waals surface area (Å²) in [6.07, 6.45) is 3.12. The Labute approximate surface area is 122 Å². The Bertz CT molecular complexity index is 653. The smallest absolute Gasteiger partial charge is 0.128 e. The number of hydrogen-bond donors (Lipinski definition) is 0. The lowest BCUT2D eigenvalue weighted by Gasteiger charge is -2.05. The molecule has 0 amide bonds. The lowest BCUT2D eigenvalue weighted by atomic mass is 10.2. The molecule has 3 nitrogen and oxygen atoms in total. The van der Waals surface area contributed by atoms with E-state index < -0.39 is 0 Å². The number of ether oxygens (including phenoxy) is 1. The molecule has 0 unspecified atom stereocenters. The lowest BCUT2D eigenvalue weighted by molar-refractivity contribution is 0.321. The van der Waals surface area contributed by atoms with Gasteiger partial charge in [0.25, 0.3) is 0 Å². The van der Waals surface area contributed by atoms with Crippen molar-refractivity contribution in [3.63, 3.8) is 0 Å². The second-order valence-corrected chi connectivity index (χ2v) is 6.21. The van der Waals surface area contributed by atoms with Crippen LogP contribution in [0.2, 0.25) is 0 Å². The number of rotatable bonds is 5. The molecule has 0 aliphatic heterocycles. The molecule has 0 radical (unpaired) electrons. The second kappa shape index (κ2) is 5.64. The van der Waals surface area contributed by atoms with E-state index in [-0.39, 0.29) is 0 Å². The molecular formula is C16H16N2OS. The van der Waals surface area contributed by atoms with Crippen LogP contribution in [0.15, 0.2) is 24.3 Å². The summed E-state index contributed by atoms with van der Waals surface area (Å²) in [5.41, 5.74) is 2.21. The van der Waals surface area contributed by atoms with Crippen LogP contribution in [-0.2, 0) is 6.42 Å². The Morgan fingerprint density at radius 1 is 1.45 bits per heavy atom. The third-order valence-electron chi connectivity index (χ3n) is 3.34. The summed E-state index contributed by atoms with van der Waals surface area (Å²) >= 11 is 1.51. The molecular weight excluding hydrogens is 268 g/mol. The molecule has 2 aromatic rings. The summed E-state index contributed by atoms with van der Waals surface area (Å²) in [5.74, 6) is 1.43. The molecule has 0 atom stereocenters. The molecule has 0 bridgehead atoms. The van der Waals surface area contributed by atoms with Crippen molar-refractivity contribution in [2.75, 3.05) is 6.61 Å². The van der Waals surface area contributed by atoms with Gasteiger partial charge in [-0.25, -0.2) is 4.98 Å². The van der Waals surface area contributed by atoms with Crippen molar-refractivity contribution in [3.8, 4) is 11.8 Å². The first kappa shape index (κ1) is 13.1. The first-order valence-corrected chi connectivity index (χ1v) is 7.67. The molecule has 20 heavy (non-hydrogen) atoms. The van der Waals surface area contributed by atoms with Crippen LogP contribution in [0.25, 0.3) is 0 Å². The fourth-order valence-electron chi connectivity index (χ4n) is 2.16.